The van der Waals surface area contributed by atoms with Crippen LogP contribution in [0.1, 0.15) is 31.6 Å². The van der Waals surface area contributed by atoms with Gasteiger partial charge in [-0.15, -0.1) is 0 Å². The van der Waals surface area contributed by atoms with Crippen LogP contribution in [0.2, 0.25) is 0 Å². The van der Waals surface area contributed by atoms with Crippen molar-refractivity contribution in [2.45, 2.75) is 32.4 Å². The average Bonchev–Trinajstić information content (AvgIpc) is 2.49. The first-order valence-electron chi connectivity index (χ1n) is 4.67. The fraction of sp³-hybridized carbons (Fsp3) is 0.667. The number of halogens is 3. The van der Waals surface area contributed by atoms with Crippen LogP contribution in [0.5, 0.6) is 0 Å². The zero-order valence-electron chi connectivity index (χ0n) is 8.84. The Kier molecular flexibility index (Phi) is 4.21. The molecule has 1 N–H and O–H groups in total. The molecule has 0 aliphatic rings. The number of nitrogens with zero attached hydrogens (tertiary/aromatic N) is 2. The monoisotopic (exact) mass is 281 g/mol. The van der Waals surface area contributed by atoms with E-state index in [2.05, 4.69) is 26.3 Å². The number of alkyl halides is 2. The molecule has 1 heterocycles. The van der Waals surface area contributed by atoms with Gasteiger partial charge in [-0.05, 0) is 36.8 Å². The molecule has 0 spiro atoms. The molecule has 15 heavy (non-hydrogen) atoms. The van der Waals surface area contributed by atoms with Crippen LogP contribution >= 0.6 is 15.9 Å². The summed E-state index contributed by atoms with van der Waals surface area (Å²) in [4.78, 5) is 0. The molecule has 1 rings (SSSR count). The molecule has 3 nitrogen and oxygen atoms in total. The zero-order valence-corrected chi connectivity index (χ0v) is 10.4. The molecule has 1 unspecified atom stereocenters. The highest BCUT2D eigenvalue weighted by molar-refractivity contribution is 9.10. The number of hydrogen-bond donors (Lipinski definition) is 1. The molecule has 0 fully saturated rings. The summed E-state index contributed by atoms with van der Waals surface area (Å²) in [5.41, 5.74) is 0.488. The lowest BCUT2D eigenvalue weighted by molar-refractivity contribution is 0.0971. The molecule has 86 valence electrons. The average molecular weight is 282 g/mol. The Balaban J connectivity index is 3.14. The Hall–Kier alpha value is -0.490. The van der Waals surface area contributed by atoms with Gasteiger partial charge < -0.3 is 5.32 Å². The number of rotatable bonds is 4. The maximum atomic E-state index is 12.8. The van der Waals surface area contributed by atoms with Gasteiger partial charge in [0, 0.05) is 6.04 Å². The first-order chi connectivity index (χ1) is 6.99. The third-order valence-electron chi connectivity index (χ3n) is 2.13. The summed E-state index contributed by atoms with van der Waals surface area (Å²) in [5, 5.41) is 6.66. The third kappa shape index (κ3) is 2.55. The lowest BCUT2D eigenvalue weighted by atomic mass is 10.2. The highest BCUT2D eigenvalue weighted by Gasteiger charge is 2.27. The number of hydrogen-bond acceptors (Lipinski definition) is 2. The molecular formula is C9H14BrF2N3. The van der Waals surface area contributed by atoms with Crippen molar-refractivity contribution < 1.29 is 8.78 Å². The van der Waals surface area contributed by atoms with Gasteiger partial charge in [-0.25, -0.2) is 8.78 Å². The van der Waals surface area contributed by atoms with Crippen molar-refractivity contribution in [2.24, 2.45) is 0 Å². The molecule has 0 saturated carbocycles. The van der Waals surface area contributed by atoms with E-state index < -0.39 is 12.5 Å². The van der Waals surface area contributed by atoms with E-state index in [-0.39, 0.29) is 6.04 Å². The van der Waals surface area contributed by atoms with E-state index in [0.29, 0.717) is 10.2 Å². The van der Waals surface area contributed by atoms with E-state index in [4.69, 9.17) is 0 Å². The molecular weight excluding hydrogens is 268 g/mol. The Morgan fingerprint density at radius 3 is 2.47 bits per heavy atom. The predicted molar refractivity (Wildman–Crippen MR) is 58.1 cm³/mol. The van der Waals surface area contributed by atoms with E-state index in [9.17, 15) is 8.78 Å². The fourth-order valence-corrected chi connectivity index (χ4v) is 1.96. The summed E-state index contributed by atoms with van der Waals surface area (Å²) < 4.78 is 27.7. The van der Waals surface area contributed by atoms with Crippen molar-refractivity contribution in [1.29, 1.82) is 0 Å². The Morgan fingerprint density at radius 1 is 1.47 bits per heavy atom. The van der Waals surface area contributed by atoms with E-state index in [1.54, 1.807) is 10.9 Å². The van der Waals surface area contributed by atoms with Crippen molar-refractivity contribution in [3.05, 3.63) is 16.4 Å². The number of aromatic nitrogens is 2. The fourth-order valence-electron chi connectivity index (χ4n) is 1.44. The molecule has 1 aromatic heterocycles. The predicted octanol–water partition coefficient (Wildman–Crippen LogP) is 2.75. The molecule has 1 aromatic rings. The molecule has 0 saturated heterocycles. The van der Waals surface area contributed by atoms with Gasteiger partial charge in [-0.1, -0.05) is 0 Å². The van der Waals surface area contributed by atoms with Crippen molar-refractivity contribution in [1.82, 2.24) is 15.1 Å². The summed E-state index contributed by atoms with van der Waals surface area (Å²) in [6.07, 6.45) is -0.914. The highest BCUT2D eigenvalue weighted by atomic mass is 79.9. The largest absolute Gasteiger partial charge is 0.307 e. The maximum absolute atomic E-state index is 12.8. The molecule has 0 bridgehead atoms. The van der Waals surface area contributed by atoms with Crippen molar-refractivity contribution in [3.63, 3.8) is 0 Å². The van der Waals surface area contributed by atoms with Crippen molar-refractivity contribution in [2.75, 3.05) is 7.05 Å². The van der Waals surface area contributed by atoms with Gasteiger partial charge in [0.25, 0.3) is 6.43 Å². The summed E-state index contributed by atoms with van der Waals surface area (Å²) >= 11 is 3.24. The smallest absolute Gasteiger partial charge is 0.259 e. The van der Waals surface area contributed by atoms with E-state index in [1.807, 2.05) is 13.8 Å². The van der Waals surface area contributed by atoms with Gasteiger partial charge >= 0.3 is 0 Å². The Labute approximate surface area is 96.0 Å². The van der Waals surface area contributed by atoms with Crippen LogP contribution in [0, 0.1) is 0 Å². The maximum Gasteiger partial charge on any atom is 0.259 e. The molecule has 0 aromatic carbocycles. The summed E-state index contributed by atoms with van der Waals surface area (Å²) in [6, 6.07) is -0.940. The second-order valence-corrected chi connectivity index (χ2v) is 4.37. The zero-order chi connectivity index (χ0) is 11.6. The van der Waals surface area contributed by atoms with E-state index in [1.165, 1.54) is 7.05 Å². The molecule has 0 aliphatic carbocycles. The van der Waals surface area contributed by atoms with Gasteiger partial charge in [0.15, 0.2) is 0 Å². The third-order valence-corrected chi connectivity index (χ3v) is 2.74. The summed E-state index contributed by atoms with van der Waals surface area (Å²) in [5.74, 6) is 0. The van der Waals surface area contributed by atoms with Crippen LogP contribution in [-0.2, 0) is 0 Å². The van der Waals surface area contributed by atoms with Crippen LogP contribution in [0.3, 0.4) is 0 Å². The topological polar surface area (TPSA) is 29.9 Å². The van der Waals surface area contributed by atoms with Gasteiger partial charge in [0.05, 0.1) is 16.4 Å². The van der Waals surface area contributed by atoms with Crippen LogP contribution < -0.4 is 5.32 Å². The Morgan fingerprint density at radius 2 is 2.07 bits per heavy atom. The molecule has 1 atom stereocenters. The minimum atomic E-state index is -2.46. The second kappa shape index (κ2) is 5.03. The van der Waals surface area contributed by atoms with Gasteiger partial charge in [0.1, 0.15) is 6.04 Å². The first-order valence-corrected chi connectivity index (χ1v) is 5.46. The summed E-state index contributed by atoms with van der Waals surface area (Å²) in [7, 11) is 1.51. The quantitative estimate of drug-likeness (QED) is 0.920. The lowest BCUT2D eigenvalue weighted by Gasteiger charge is -2.19. The normalized spacial score (nSPS) is 13.9. The number of nitrogens with one attached hydrogen (secondary N) is 1. The van der Waals surface area contributed by atoms with Gasteiger partial charge in [-0.3, -0.25) is 4.68 Å². The van der Waals surface area contributed by atoms with Crippen LogP contribution in [0.25, 0.3) is 0 Å². The minimum Gasteiger partial charge on any atom is -0.307 e. The second-order valence-electron chi connectivity index (χ2n) is 3.52. The lowest BCUT2D eigenvalue weighted by Crippen LogP contribution is -2.27. The van der Waals surface area contributed by atoms with Gasteiger partial charge in [-0.2, -0.15) is 5.10 Å². The van der Waals surface area contributed by atoms with Gasteiger partial charge in [0.2, 0.25) is 0 Å². The molecule has 6 heteroatoms. The van der Waals surface area contributed by atoms with Crippen molar-refractivity contribution in [3.8, 4) is 0 Å². The standard InChI is InChI=1S/C9H14BrF2N3/c1-5(2)15-8(6(10)4-14-15)7(13-3)9(11)12/h4-5,7,9,13H,1-3H3. The van der Waals surface area contributed by atoms with E-state index >= 15 is 0 Å². The highest BCUT2D eigenvalue weighted by Crippen LogP contribution is 2.29. The minimum absolute atomic E-state index is 0.0564. The van der Waals surface area contributed by atoms with Crippen molar-refractivity contribution >= 4 is 15.9 Å². The van der Waals surface area contributed by atoms with E-state index in [0.717, 1.165) is 0 Å². The molecule has 0 amide bonds. The first kappa shape index (κ1) is 12.6. The SMILES string of the molecule is CNC(c1c(Br)cnn1C(C)C)C(F)F. The van der Waals surface area contributed by atoms with Crippen LogP contribution in [-0.4, -0.2) is 23.3 Å². The molecule has 0 radical (unpaired) electrons. The van der Waals surface area contributed by atoms with Crippen LogP contribution in [0.4, 0.5) is 8.78 Å². The Bertz CT molecular complexity index is 325. The molecule has 0 aliphatic heterocycles. The summed E-state index contributed by atoms with van der Waals surface area (Å²) in [6.45, 7) is 3.81. The van der Waals surface area contributed by atoms with Crippen LogP contribution in [0.15, 0.2) is 10.7 Å².